The molecule has 2 rings (SSSR count). The van der Waals surface area contributed by atoms with Gasteiger partial charge in [-0.3, -0.25) is 0 Å². The molecular formula is C9H10N2O. The Morgan fingerprint density at radius 1 is 1.33 bits per heavy atom. The molecule has 0 aromatic carbocycles. The monoisotopic (exact) mass is 162 g/mol. The summed E-state index contributed by atoms with van der Waals surface area (Å²) in [5, 5.41) is 0. The lowest BCUT2D eigenvalue weighted by Crippen LogP contribution is -2.11. The fourth-order valence-corrected chi connectivity index (χ4v) is 1.23. The van der Waals surface area contributed by atoms with Crippen LogP contribution in [0.3, 0.4) is 0 Å². The first-order valence-corrected chi connectivity index (χ1v) is 4.00. The lowest BCUT2D eigenvalue weighted by atomic mass is 10.0. The van der Waals surface area contributed by atoms with Gasteiger partial charge in [0.1, 0.15) is 5.82 Å². The summed E-state index contributed by atoms with van der Waals surface area (Å²) in [5.74, 6) is 1.21. The third-order valence-electron chi connectivity index (χ3n) is 1.86. The molecular weight excluding hydrogens is 152 g/mol. The standard InChI is InChI=1S/C9H10N2O/c1-3-8(7-12-6-1)9-10-4-2-5-11-9/h1-2,4-6,8H,3,7H2. The molecule has 1 unspecified atom stereocenters. The summed E-state index contributed by atoms with van der Waals surface area (Å²) in [7, 11) is 0. The zero-order valence-electron chi connectivity index (χ0n) is 6.68. The quantitative estimate of drug-likeness (QED) is 0.627. The van der Waals surface area contributed by atoms with Crippen LogP contribution in [0.5, 0.6) is 0 Å². The lowest BCUT2D eigenvalue weighted by Gasteiger charge is -2.16. The number of nitrogens with zero attached hydrogens (tertiary/aromatic N) is 2. The van der Waals surface area contributed by atoms with Crippen molar-refractivity contribution in [3.8, 4) is 0 Å². The van der Waals surface area contributed by atoms with Crippen LogP contribution in [0.25, 0.3) is 0 Å². The van der Waals surface area contributed by atoms with Gasteiger partial charge in [-0.25, -0.2) is 9.97 Å². The third-order valence-corrected chi connectivity index (χ3v) is 1.86. The highest BCUT2D eigenvalue weighted by Crippen LogP contribution is 2.19. The molecule has 1 aromatic rings. The van der Waals surface area contributed by atoms with Gasteiger partial charge in [-0.1, -0.05) is 0 Å². The first-order chi connectivity index (χ1) is 5.97. The summed E-state index contributed by atoms with van der Waals surface area (Å²) >= 11 is 0. The van der Waals surface area contributed by atoms with Gasteiger partial charge >= 0.3 is 0 Å². The maximum absolute atomic E-state index is 5.18. The van der Waals surface area contributed by atoms with E-state index in [9.17, 15) is 0 Å². The zero-order valence-corrected chi connectivity index (χ0v) is 6.68. The molecule has 0 bridgehead atoms. The topological polar surface area (TPSA) is 35.0 Å². The molecule has 1 aliphatic rings. The number of hydrogen-bond acceptors (Lipinski definition) is 3. The van der Waals surface area contributed by atoms with Gasteiger partial charge in [0.2, 0.25) is 0 Å². The minimum absolute atomic E-state index is 0.330. The van der Waals surface area contributed by atoms with E-state index >= 15 is 0 Å². The Bertz CT molecular complexity index is 271. The van der Waals surface area contributed by atoms with Crippen LogP contribution in [0.1, 0.15) is 18.2 Å². The Morgan fingerprint density at radius 2 is 2.17 bits per heavy atom. The Hall–Kier alpha value is -1.38. The number of allylic oxidation sites excluding steroid dienone is 1. The van der Waals surface area contributed by atoms with Crippen molar-refractivity contribution in [2.45, 2.75) is 12.3 Å². The van der Waals surface area contributed by atoms with E-state index in [-0.39, 0.29) is 0 Å². The van der Waals surface area contributed by atoms with Crippen LogP contribution in [0.2, 0.25) is 0 Å². The van der Waals surface area contributed by atoms with Crippen LogP contribution in [0, 0.1) is 0 Å². The summed E-state index contributed by atoms with van der Waals surface area (Å²) in [6.07, 6.45) is 8.25. The van der Waals surface area contributed by atoms with Gasteiger partial charge in [0.25, 0.3) is 0 Å². The molecule has 1 aromatic heterocycles. The summed E-state index contributed by atoms with van der Waals surface area (Å²) in [6, 6.07) is 1.82. The molecule has 12 heavy (non-hydrogen) atoms. The largest absolute Gasteiger partial charge is 0.501 e. The van der Waals surface area contributed by atoms with Gasteiger partial charge in [-0.15, -0.1) is 0 Å². The third kappa shape index (κ3) is 1.44. The molecule has 0 radical (unpaired) electrons. The highest BCUT2D eigenvalue weighted by Gasteiger charge is 2.15. The van der Waals surface area contributed by atoms with E-state index in [1.807, 2.05) is 12.1 Å². The molecule has 0 spiro atoms. The van der Waals surface area contributed by atoms with Crippen LogP contribution >= 0.6 is 0 Å². The van der Waals surface area contributed by atoms with E-state index < -0.39 is 0 Å². The molecule has 3 heteroatoms. The van der Waals surface area contributed by atoms with Crippen LogP contribution in [-0.2, 0) is 4.74 Å². The van der Waals surface area contributed by atoms with Gasteiger partial charge in [-0.2, -0.15) is 0 Å². The normalized spacial score (nSPS) is 21.8. The average Bonchev–Trinajstić information content (AvgIpc) is 2.21. The molecule has 0 saturated heterocycles. The SMILES string of the molecule is C1=COCC(c2ncccn2)C1. The number of hydrogen-bond donors (Lipinski definition) is 0. The predicted octanol–water partition coefficient (Wildman–Crippen LogP) is 1.49. The molecule has 1 aliphatic heterocycles. The van der Waals surface area contributed by atoms with Gasteiger partial charge < -0.3 is 4.74 Å². The highest BCUT2D eigenvalue weighted by atomic mass is 16.5. The van der Waals surface area contributed by atoms with Crippen molar-refractivity contribution in [3.05, 3.63) is 36.6 Å². The van der Waals surface area contributed by atoms with Crippen LogP contribution in [0.15, 0.2) is 30.8 Å². The minimum Gasteiger partial charge on any atom is -0.501 e. The van der Waals surface area contributed by atoms with Crippen molar-refractivity contribution in [1.82, 2.24) is 9.97 Å². The van der Waals surface area contributed by atoms with Crippen molar-refractivity contribution < 1.29 is 4.74 Å². The number of ether oxygens (including phenoxy) is 1. The molecule has 62 valence electrons. The van der Waals surface area contributed by atoms with Crippen LogP contribution < -0.4 is 0 Å². The van der Waals surface area contributed by atoms with E-state index in [4.69, 9.17) is 4.74 Å². The van der Waals surface area contributed by atoms with Crippen LogP contribution in [0.4, 0.5) is 0 Å². The number of aromatic nitrogens is 2. The maximum atomic E-state index is 5.18. The van der Waals surface area contributed by atoms with E-state index in [1.54, 1.807) is 18.7 Å². The van der Waals surface area contributed by atoms with E-state index in [0.29, 0.717) is 12.5 Å². The first-order valence-electron chi connectivity index (χ1n) is 4.00. The molecule has 0 amide bonds. The fraction of sp³-hybridized carbons (Fsp3) is 0.333. The average molecular weight is 162 g/mol. The van der Waals surface area contributed by atoms with Crippen molar-refractivity contribution >= 4 is 0 Å². The summed E-state index contributed by atoms with van der Waals surface area (Å²) in [6.45, 7) is 0.695. The van der Waals surface area contributed by atoms with E-state index in [0.717, 1.165) is 12.2 Å². The van der Waals surface area contributed by atoms with Gasteiger partial charge in [0.05, 0.1) is 18.8 Å². The molecule has 0 aliphatic carbocycles. The summed E-state index contributed by atoms with van der Waals surface area (Å²) in [4.78, 5) is 8.35. The van der Waals surface area contributed by atoms with Crippen LogP contribution in [-0.4, -0.2) is 16.6 Å². The second-order valence-corrected chi connectivity index (χ2v) is 2.74. The summed E-state index contributed by atoms with van der Waals surface area (Å²) < 4.78 is 5.18. The van der Waals surface area contributed by atoms with Crippen molar-refractivity contribution in [1.29, 1.82) is 0 Å². The second-order valence-electron chi connectivity index (χ2n) is 2.74. The number of rotatable bonds is 1. The molecule has 1 atom stereocenters. The smallest absolute Gasteiger partial charge is 0.134 e. The van der Waals surface area contributed by atoms with Crippen molar-refractivity contribution in [3.63, 3.8) is 0 Å². The molecule has 0 N–H and O–H groups in total. The minimum atomic E-state index is 0.330. The lowest BCUT2D eigenvalue weighted by molar-refractivity contribution is 0.206. The van der Waals surface area contributed by atoms with Gasteiger partial charge in [-0.05, 0) is 18.6 Å². The molecule has 0 saturated carbocycles. The van der Waals surface area contributed by atoms with Crippen molar-refractivity contribution in [2.24, 2.45) is 0 Å². The first kappa shape index (κ1) is 7.28. The van der Waals surface area contributed by atoms with E-state index in [2.05, 4.69) is 9.97 Å². The fourth-order valence-electron chi connectivity index (χ4n) is 1.23. The van der Waals surface area contributed by atoms with E-state index in [1.165, 1.54) is 0 Å². The Kier molecular flexibility index (Phi) is 2.03. The Morgan fingerprint density at radius 3 is 2.83 bits per heavy atom. The Labute approximate surface area is 71.1 Å². The highest BCUT2D eigenvalue weighted by molar-refractivity contribution is 5.02. The Balaban J connectivity index is 2.15. The van der Waals surface area contributed by atoms with Crippen molar-refractivity contribution in [2.75, 3.05) is 6.61 Å². The summed E-state index contributed by atoms with van der Waals surface area (Å²) in [5.41, 5.74) is 0. The van der Waals surface area contributed by atoms with Gasteiger partial charge in [0.15, 0.2) is 0 Å². The van der Waals surface area contributed by atoms with Gasteiger partial charge in [0, 0.05) is 12.4 Å². The molecule has 2 heterocycles. The maximum Gasteiger partial charge on any atom is 0.134 e. The predicted molar refractivity (Wildman–Crippen MR) is 44.5 cm³/mol. The zero-order chi connectivity index (χ0) is 8.23. The molecule has 3 nitrogen and oxygen atoms in total. The second kappa shape index (κ2) is 3.34. The molecule has 0 fully saturated rings.